The highest BCUT2D eigenvalue weighted by Gasteiger charge is 2.49. The smallest absolute Gasteiger partial charge is 0.435 e. The molecule has 0 fully saturated rings. The Morgan fingerprint density at radius 3 is 2.37 bits per heavy atom. The molecule has 0 saturated heterocycles. The molecule has 1 aromatic carbocycles. The van der Waals surface area contributed by atoms with Crippen molar-refractivity contribution in [2.75, 3.05) is 0 Å². The summed E-state index contributed by atoms with van der Waals surface area (Å²) in [5, 5.41) is 14.9. The third-order valence-corrected chi connectivity index (χ3v) is 4.38. The van der Waals surface area contributed by atoms with Crippen LogP contribution in [0.25, 0.3) is 0 Å². The van der Waals surface area contributed by atoms with E-state index in [1.807, 2.05) is 0 Å². The van der Waals surface area contributed by atoms with Crippen LogP contribution in [-0.2, 0) is 25.4 Å². The quantitative estimate of drug-likeness (QED) is 0.704. The van der Waals surface area contributed by atoms with Gasteiger partial charge in [0.15, 0.2) is 17.1 Å². The molecule has 146 valence electrons. The fourth-order valence-electron chi connectivity index (χ4n) is 2.99. The van der Waals surface area contributed by atoms with Crippen LogP contribution < -0.4 is 11.2 Å². The maximum Gasteiger partial charge on any atom is 0.435 e. The number of benzene rings is 1. The average Bonchev–Trinajstić information content (AvgIpc) is 3.06. The zero-order chi connectivity index (χ0) is 20.1. The number of rotatable bonds is 3. The Kier molecular flexibility index (Phi) is 4.39. The van der Waals surface area contributed by atoms with Crippen molar-refractivity contribution in [1.82, 2.24) is 20.2 Å². The van der Waals surface area contributed by atoms with Crippen molar-refractivity contribution in [3.63, 3.8) is 0 Å². The molecule has 11 heteroatoms. The number of hydrazine groups is 1. The first-order valence-electron chi connectivity index (χ1n) is 7.74. The average molecular weight is 389 g/mol. The molecule has 0 bridgehead atoms. The number of hydrogen-bond acceptors (Lipinski definition) is 5. The van der Waals surface area contributed by atoms with E-state index < -0.39 is 41.5 Å². The number of allylic oxidation sites excluding steroid dienone is 1. The van der Waals surface area contributed by atoms with Crippen molar-refractivity contribution < 1.29 is 27.1 Å². The van der Waals surface area contributed by atoms with Crippen LogP contribution >= 0.6 is 0 Å². The first kappa shape index (κ1) is 19.1. The molecule has 27 heavy (non-hydrogen) atoms. The molecule has 0 amide bonds. The fraction of sp³-hybridized carbons (Fsp3) is 0.312. The van der Waals surface area contributed by atoms with E-state index in [0.29, 0.717) is 6.07 Å². The maximum absolute atomic E-state index is 14.0. The maximum atomic E-state index is 14.0. The number of aliphatic hydroxyl groups excluding tert-OH is 1. The Hall–Kier alpha value is -2.66. The number of aryl methyl sites for hydroxylation is 1. The summed E-state index contributed by atoms with van der Waals surface area (Å²) in [6, 6.07) is 3.94. The number of nitrogens with zero attached hydrogens (tertiary/aromatic N) is 3. The summed E-state index contributed by atoms with van der Waals surface area (Å²) in [5.74, 6) is -2.20. The second-order valence-corrected chi connectivity index (χ2v) is 6.17. The van der Waals surface area contributed by atoms with Crippen LogP contribution in [0.2, 0.25) is 0 Å². The monoisotopic (exact) mass is 389 g/mol. The molecule has 0 aliphatic carbocycles. The van der Waals surface area contributed by atoms with Crippen LogP contribution in [0.1, 0.15) is 23.9 Å². The molecule has 2 aromatic rings. The summed E-state index contributed by atoms with van der Waals surface area (Å²) in [4.78, 5) is 0. The molecule has 0 radical (unpaired) electrons. The molecule has 2 heterocycles. The van der Waals surface area contributed by atoms with Gasteiger partial charge in [-0.05, 0) is 25.1 Å². The van der Waals surface area contributed by atoms with Gasteiger partial charge in [0.1, 0.15) is 11.6 Å². The van der Waals surface area contributed by atoms with Crippen LogP contribution in [0.3, 0.4) is 0 Å². The van der Waals surface area contributed by atoms with Crippen LogP contribution in [-0.4, -0.2) is 19.9 Å². The standard InChI is InChI=1S/C16H16F5N5O/c1-8-14(27)15(22,13-6-12(16(19,20)21)24-25(13)2)26(23-8)7-9-10(17)4-3-5-11(9)18/h3-6,23,27H,7,22H2,1-2H3. The minimum atomic E-state index is -4.73. The molecule has 1 atom stereocenters. The summed E-state index contributed by atoms with van der Waals surface area (Å²) in [6.45, 7) is 0.957. The molecule has 3 rings (SSSR count). The predicted octanol–water partition coefficient (Wildman–Crippen LogP) is 2.64. The number of hydrogen-bond donors (Lipinski definition) is 3. The number of aromatic nitrogens is 2. The van der Waals surface area contributed by atoms with Crippen LogP contribution in [0.5, 0.6) is 0 Å². The second kappa shape index (κ2) is 6.20. The Labute approximate surface area is 150 Å². The van der Waals surface area contributed by atoms with Crippen LogP contribution in [0.15, 0.2) is 35.7 Å². The molecule has 0 saturated carbocycles. The first-order valence-corrected chi connectivity index (χ1v) is 7.74. The van der Waals surface area contributed by atoms with Crippen molar-refractivity contribution >= 4 is 0 Å². The number of nitrogens with one attached hydrogen (secondary N) is 1. The third kappa shape index (κ3) is 3.02. The minimum absolute atomic E-state index is 0.129. The topological polar surface area (TPSA) is 79.3 Å². The lowest BCUT2D eigenvalue weighted by atomic mass is 10.0. The van der Waals surface area contributed by atoms with E-state index in [2.05, 4.69) is 10.5 Å². The Morgan fingerprint density at radius 1 is 1.26 bits per heavy atom. The van der Waals surface area contributed by atoms with Crippen LogP contribution in [0.4, 0.5) is 22.0 Å². The van der Waals surface area contributed by atoms with E-state index in [0.717, 1.165) is 21.8 Å². The van der Waals surface area contributed by atoms with Crippen molar-refractivity contribution in [2.45, 2.75) is 25.3 Å². The van der Waals surface area contributed by atoms with Gasteiger partial charge in [0, 0.05) is 12.6 Å². The fourth-order valence-corrected chi connectivity index (χ4v) is 2.99. The molecule has 1 aliphatic heterocycles. The summed E-state index contributed by atoms with van der Waals surface area (Å²) >= 11 is 0. The zero-order valence-corrected chi connectivity index (χ0v) is 14.3. The van der Waals surface area contributed by atoms with Gasteiger partial charge in [0.2, 0.25) is 0 Å². The van der Waals surface area contributed by atoms with Gasteiger partial charge in [-0.2, -0.15) is 23.3 Å². The van der Waals surface area contributed by atoms with Gasteiger partial charge in [-0.25, -0.2) is 8.78 Å². The van der Waals surface area contributed by atoms with E-state index in [9.17, 15) is 27.1 Å². The Bertz CT molecular complexity index is 902. The van der Waals surface area contributed by atoms with E-state index in [4.69, 9.17) is 5.73 Å². The van der Waals surface area contributed by atoms with Crippen molar-refractivity contribution in [3.8, 4) is 0 Å². The summed E-state index contributed by atoms with van der Waals surface area (Å²) in [6.07, 6.45) is -4.73. The lowest BCUT2D eigenvalue weighted by Gasteiger charge is -2.34. The number of halogens is 5. The molecule has 1 aliphatic rings. The van der Waals surface area contributed by atoms with Crippen molar-refractivity contribution in [1.29, 1.82) is 0 Å². The van der Waals surface area contributed by atoms with Crippen LogP contribution in [0, 0.1) is 11.6 Å². The molecule has 1 unspecified atom stereocenters. The number of alkyl halides is 3. The summed E-state index contributed by atoms with van der Waals surface area (Å²) in [7, 11) is 1.22. The van der Waals surface area contributed by atoms with Crippen molar-refractivity contribution in [3.05, 3.63) is 64.3 Å². The molecule has 6 nitrogen and oxygen atoms in total. The van der Waals surface area contributed by atoms with E-state index >= 15 is 0 Å². The lowest BCUT2D eigenvalue weighted by molar-refractivity contribution is -0.141. The number of nitrogens with two attached hydrogens (primary N) is 1. The zero-order valence-electron chi connectivity index (χ0n) is 14.3. The van der Waals surface area contributed by atoms with E-state index in [-0.39, 0.29) is 17.0 Å². The van der Waals surface area contributed by atoms with Gasteiger partial charge < -0.3 is 16.3 Å². The highest BCUT2D eigenvalue weighted by molar-refractivity contribution is 5.34. The largest absolute Gasteiger partial charge is 0.507 e. The van der Waals surface area contributed by atoms with Gasteiger partial charge in [0.25, 0.3) is 0 Å². The highest BCUT2D eigenvalue weighted by Crippen LogP contribution is 2.38. The SMILES string of the molecule is CC1=C(O)C(N)(c2cc(C(F)(F)F)nn2C)N(Cc2c(F)cccc2F)N1. The second-order valence-electron chi connectivity index (χ2n) is 6.17. The summed E-state index contributed by atoms with van der Waals surface area (Å²) in [5.41, 5.74) is 5.22. The Balaban J connectivity index is 2.08. The normalized spacial score (nSPS) is 21.0. The summed E-state index contributed by atoms with van der Waals surface area (Å²) < 4.78 is 67.9. The van der Waals surface area contributed by atoms with Gasteiger partial charge >= 0.3 is 6.18 Å². The molecule has 0 spiro atoms. The molecule has 4 N–H and O–H groups in total. The van der Waals surface area contributed by atoms with Crippen molar-refractivity contribution in [2.24, 2.45) is 12.8 Å². The predicted molar refractivity (Wildman–Crippen MR) is 84.4 cm³/mol. The molecular weight excluding hydrogens is 373 g/mol. The van der Waals surface area contributed by atoms with E-state index in [1.165, 1.54) is 20.0 Å². The van der Waals surface area contributed by atoms with Gasteiger partial charge in [0.05, 0.1) is 17.9 Å². The van der Waals surface area contributed by atoms with Gasteiger partial charge in [-0.3, -0.25) is 4.68 Å². The van der Waals surface area contributed by atoms with Gasteiger partial charge in [-0.15, -0.1) is 0 Å². The lowest BCUT2D eigenvalue weighted by Crippen LogP contribution is -2.55. The molecule has 1 aromatic heterocycles. The van der Waals surface area contributed by atoms with Gasteiger partial charge in [-0.1, -0.05) is 6.07 Å². The minimum Gasteiger partial charge on any atom is -0.507 e. The Morgan fingerprint density at radius 2 is 1.85 bits per heavy atom. The first-order chi connectivity index (χ1) is 12.5. The molecular formula is C16H16F5N5O. The number of aliphatic hydroxyl groups is 1. The highest BCUT2D eigenvalue weighted by atomic mass is 19.4. The third-order valence-electron chi connectivity index (χ3n) is 4.38. The van der Waals surface area contributed by atoms with E-state index in [1.54, 1.807) is 0 Å².